The number of anilines is 6. The molecule has 0 N–H and O–H groups in total. The lowest BCUT2D eigenvalue weighted by Crippen LogP contribution is -2.09. The Morgan fingerprint density at radius 2 is 0.689 bits per heavy atom. The third kappa shape index (κ3) is 6.01. The standard InChI is InChI=1S/C56H37N5/c1-37-50(36-57)59-56-49-27-15-25-47-52(39-30-34-45(35-31-39)61(42-20-10-4-11-21-42)43-22-12-5-13-23-43)51(46-24-14-26-48(55(56)58-37)53(46)54(47)49)38-28-32-44(33-29-38)60(40-16-6-2-7-17-40)41-18-8-3-9-19-41/h2-35H,1H3. The van der Waals surface area contributed by atoms with Crippen LogP contribution in [0.3, 0.4) is 0 Å². The number of nitriles is 1. The number of aryl methyl sites for hydroxylation is 1. The van der Waals surface area contributed by atoms with Gasteiger partial charge in [-0.1, -0.05) is 133 Å². The zero-order valence-corrected chi connectivity index (χ0v) is 33.4. The minimum atomic E-state index is 0.348. The molecule has 1 aromatic heterocycles. The van der Waals surface area contributed by atoms with Crippen LogP contribution in [0.25, 0.3) is 65.6 Å². The summed E-state index contributed by atoms with van der Waals surface area (Å²) < 4.78 is 0. The monoisotopic (exact) mass is 779 g/mol. The Hall–Kier alpha value is -8.33. The summed E-state index contributed by atoms with van der Waals surface area (Å²) in [7, 11) is 0. The number of fused-ring (bicyclic) bond motifs is 3. The lowest BCUT2D eigenvalue weighted by Gasteiger charge is -2.27. The van der Waals surface area contributed by atoms with Crippen LogP contribution in [0.4, 0.5) is 34.1 Å². The van der Waals surface area contributed by atoms with Crippen molar-refractivity contribution >= 4 is 77.5 Å². The van der Waals surface area contributed by atoms with Gasteiger partial charge in [0.25, 0.3) is 0 Å². The lowest BCUT2D eigenvalue weighted by molar-refractivity contribution is 1.16. The highest BCUT2D eigenvalue weighted by Gasteiger charge is 2.24. The lowest BCUT2D eigenvalue weighted by atomic mass is 9.82. The highest BCUT2D eigenvalue weighted by Crippen LogP contribution is 2.50. The van der Waals surface area contributed by atoms with Gasteiger partial charge < -0.3 is 9.80 Å². The number of nitrogens with zero attached hydrogens (tertiary/aromatic N) is 5. The molecule has 11 rings (SSSR count). The fraction of sp³-hybridized carbons (Fsp3) is 0.0179. The van der Waals surface area contributed by atoms with Crippen molar-refractivity contribution in [3.63, 3.8) is 0 Å². The molecule has 11 aromatic rings. The van der Waals surface area contributed by atoms with E-state index in [2.05, 4.69) is 222 Å². The van der Waals surface area contributed by atoms with Crippen molar-refractivity contribution in [2.45, 2.75) is 6.92 Å². The zero-order valence-electron chi connectivity index (χ0n) is 33.4. The second kappa shape index (κ2) is 14.8. The summed E-state index contributed by atoms with van der Waals surface area (Å²) in [5.74, 6) is 0. The molecule has 0 aliphatic carbocycles. The van der Waals surface area contributed by atoms with Crippen LogP contribution in [0.15, 0.2) is 206 Å². The minimum Gasteiger partial charge on any atom is -0.311 e. The van der Waals surface area contributed by atoms with Crippen molar-refractivity contribution in [1.29, 1.82) is 5.26 Å². The van der Waals surface area contributed by atoms with E-state index in [4.69, 9.17) is 9.97 Å². The van der Waals surface area contributed by atoms with Gasteiger partial charge in [0.2, 0.25) is 0 Å². The zero-order chi connectivity index (χ0) is 40.9. The molecule has 0 aliphatic heterocycles. The summed E-state index contributed by atoms with van der Waals surface area (Å²) in [5.41, 5.74) is 13.5. The molecule has 0 fully saturated rings. The number of benzene rings is 10. The molecular weight excluding hydrogens is 743 g/mol. The molecule has 61 heavy (non-hydrogen) atoms. The van der Waals surface area contributed by atoms with E-state index in [0.29, 0.717) is 11.4 Å². The maximum atomic E-state index is 10.0. The van der Waals surface area contributed by atoms with Gasteiger partial charge in [-0.25, -0.2) is 9.97 Å². The molecule has 5 heteroatoms. The highest BCUT2D eigenvalue weighted by molar-refractivity contribution is 6.37. The molecule has 0 radical (unpaired) electrons. The number of aromatic nitrogens is 2. The molecule has 0 amide bonds. The molecule has 0 atom stereocenters. The van der Waals surface area contributed by atoms with E-state index < -0.39 is 0 Å². The summed E-state index contributed by atoms with van der Waals surface area (Å²) in [4.78, 5) is 14.6. The van der Waals surface area contributed by atoms with E-state index in [1.54, 1.807) is 0 Å². The molecule has 0 aliphatic rings. The smallest absolute Gasteiger partial charge is 0.162 e. The highest BCUT2D eigenvalue weighted by atomic mass is 15.1. The van der Waals surface area contributed by atoms with Gasteiger partial charge in [0.05, 0.1) is 16.7 Å². The second-order valence-corrected chi connectivity index (χ2v) is 15.3. The van der Waals surface area contributed by atoms with Gasteiger partial charge >= 0.3 is 0 Å². The van der Waals surface area contributed by atoms with E-state index in [9.17, 15) is 5.26 Å². The molecule has 0 spiro atoms. The molecule has 5 nitrogen and oxygen atoms in total. The molecule has 0 saturated heterocycles. The first kappa shape index (κ1) is 35.8. The molecule has 0 saturated carbocycles. The Kier molecular flexibility index (Phi) is 8.69. The van der Waals surface area contributed by atoms with E-state index in [1.165, 1.54) is 0 Å². The average molecular weight is 780 g/mol. The van der Waals surface area contributed by atoms with Crippen molar-refractivity contribution in [3.05, 3.63) is 218 Å². The molecular formula is C56H37N5. The number of hydrogen-bond donors (Lipinski definition) is 0. The largest absolute Gasteiger partial charge is 0.311 e. The van der Waals surface area contributed by atoms with Crippen LogP contribution < -0.4 is 9.80 Å². The van der Waals surface area contributed by atoms with E-state index in [0.717, 1.165) is 99.7 Å². The second-order valence-electron chi connectivity index (χ2n) is 15.3. The number of hydrogen-bond acceptors (Lipinski definition) is 5. The van der Waals surface area contributed by atoms with Crippen LogP contribution in [-0.4, -0.2) is 9.97 Å². The molecule has 0 unspecified atom stereocenters. The predicted octanol–water partition coefficient (Wildman–Crippen LogP) is 15.0. The fourth-order valence-corrected chi connectivity index (χ4v) is 9.08. The molecule has 286 valence electrons. The Morgan fingerprint density at radius 1 is 0.361 bits per heavy atom. The average Bonchev–Trinajstić information content (AvgIpc) is 3.33. The van der Waals surface area contributed by atoms with Crippen molar-refractivity contribution in [2.24, 2.45) is 0 Å². The summed E-state index contributed by atoms with van der Waals surface area (Å²) >= 11 is 0. The van der Waals surface area contributed by atoms with E-state index in [1.807, 2.05) is 6.92 Å². The van der Waals surface area contributed by atoms with Crippen LogP contribution in [0.2, 0.25) is 0 Å². The van der Waals surface area contributed by atoms with E-state index in [-0.39, 0.29) is 0 Å². The quantitative estimate of drug-likeness (QED) is 0.114. The van der Waals surface area contributed by atoms with Crippen molar-refractivity contribution in [3.8, 4) is 28.3 Å². The summed E-state index contributed by atoms with van der Waals surface area (Å²) in [6, 6.07) is 75.3. The van der Waals surface area contributed by atoms with Gasteiger partial charge in [0, 0.05) is 55.7 Å². The first-order valence-electron chi connectivity index (χ1n) is 20.5. The van der Waals surface area contributed by atoms with Gasteiger partial charge in [0.1, 0.15) is 6.07 Å². The number of para-hydroxylation sites is 4. The van der Waals surface area contributed by atoms with Gasteiger partial charge in [0.15, 0.2) is 5.69 Å². The molecule has 1 heterocycles. The maximum Gasteiger partial charge on any atom is 0.162 e. The third-order valence-corrected chi connectivity index (χ3v) is 11.7. The van der Waals surface area contributed by atoms with E-state index >= 15 is 0 Å². The van der Waals surface area contributed by atoms with Gasteiger partial charge in [-0.15, -0.1) is 0 Å². The Balaban J connectivity index is 1.17. The normalized spacial score (nSPS) is 11.3. The Bertz CT molecular complexity index is 3320. The maximum absolute atomic E-state index is 10.0. The molecule has 10 aromatic carbocycles. The minimum absolute atomic E-state index is 0.348. The van der Waals surface area contributed by atoms with Crippen molar-refractivity contribution < 1.29 is 0 Å². The first-order valence-corrected chi connectivity index (χ1v) is 20.5. The van der Waals surface area contributed by atoms with Gasteiger partial charge in [-0.05, 0) is 113 Å². The van der Waals surface area contributed by atoms with Crippen molar-refractivity contribution in [2.75, 3.05) is 9.80 Å². The predicted molar refractivity (Wildman–Crippen MR) is 253 cm³/mol. The Labute approximate surface area is 354 Å². The van der Waals surface area contributed by atoms with Crippen LogP contribution >= 0.6 is 0 Å². The molecule has 0 bridgehead atoms. The fourth-order valence-electron chi connectivity index (χ4n) is 9.08. The van der Waals surface area contributed by atoms with Crippen LogP contribution in [0, 0.1) is 18.3 Å². The Morgan fingerprint density at radius 3 is 1.05 bits per heavy atom. The number of rotatable bonds is 8. The third-order valence-electron chi connectivity index (χ3n) is 11.7. The van der Waals surface area contributed by atoms with Crippen molar-refractivity contribution in [1.82, 2.24) is 9.97 Å². The summed E-state index contributed by atoms with van der Waals surface area (Å²) in [6.07, 6.45) is 0. The summed E-state index contributed by atoms with van der Waals surface area (Å²) in [6.45, 7) is 1.87. The SMILES string of the molecule is Cc1nc2c3cccc4c(-c5ccc(N(c6ccccc6)c6ccccc6)cc5)c(-c5ccc(N(c6ccccc6)c6ccccc6)cc5)c5cccc(c2nc1C#N)c5c43. The van der Waals surface area contributed by atoms with Crippen LogP contribution in [-0.2, 0) is 0 Å². The summed E-state index contributed by atoms with van der Waals surface area (Å²) in [5, 5.41) is 16.6. The van der Waals surface area contributed by atoms with Crippen LogP contribution in [0.1, 0.15) is 11.4 Å². The van der Waals surface area contributed by atoms with Crippen LogP contribution in [0.5, 0.6) is 0 Å². The topological polar surface area (TPSA) is 56.1 Å². The van der Waals surface area contributed by atoms with Gasteiger partial charge in [-0.3, -0.25) is 0 Å². The van der Waals surface area contributed by atoms with Gasteiger partial charge in [-0.2, -0.15) is 5.26 Å². The first-order chi connectivity index (χ1) is 30.2.